The van der Waals surface area contributed by atoms with Gasteiger partial charge >= 0.3 is 0 Å². The number of aryl methyl sites for hydroxylation is 1. The lowest BCUT2D eigenvalue weighted by atomic mass is 9.98. The molecule has 8 nitrogen and oxygen atoms in total. The standard InChI is InChI=1S/C24H27N7O/c1-3-5-11-21(32)24-25-22(8-4-2)31(28-24)16-17-12-14-18(15-13-17)19-9-6-7-10-20(19)23-26-29-30-27-23/h6-7,9-10,12-15H,3-5,8,11,16H2,1-2H3,(H,26,27,29,30). The zero-order valence-corrected chi connectivity index (χ0v) is 18.5. The molecule has 164 valence electrons. The summed E-state index contributed by atoms with van der Waals surface area (Å²) in [4.78, 5) is 16.9. The van der Waals surface area contributed by atoms with E-state index in [-0.39, 0.29) is 5.78 Å². The maximum atomic E-state index is 12.4. The Kier molecular flexibility index (Phi) is 6.79. The van der Waals surface area contributed by atoms with Gasteiger partial charge in [0.1, 0.15) is 5.82 Å². The lowest BCUT2D eigenvalue weighted by Gasteiger charge is -2.09. The summed E-state index contributed by atoms with van der Waals surface area (Å²) in [5, 5.41) is 18.9. The summed E-state index contributed by atoms with van der Waals surface area (Å²) in [5.74, 6) is 1.79. The molecule has 2 heterocycles. The van der Waals surface area contributed by atoms with Gasteiger partial charge in [-0.25, -0.2) is 9.67 Å². The fraction of sp³-hybridized carbons (Fsp3) is 0.333. The van der Waals surface area contributed by atoms with Crippen molar-refractivity contribution in [1.82, 2.24) is 35.4 Å². The zero-order chi connectivity index (χ0) is 22.3. The smallest absolute Gasteiger partial charge is 0.217 e. The molecule has 4 aromatic rings. The van der Waals surface area contributed by atoms with Crippen LogP contribution in [0.2, 0.25) is 0 Å². The molecule has 0 aliphatic heterocycles. The van der Waals surface area contributed by atoms with Crippen LogP contribution in [0, 0.1) is 0 Å². The van der Waals surface area contributed by atoms with E-state index in [4.69, 9.17) is 0 Å². The van der Waals surface area contributed by atoms with Gasteiger partial charge in [0, 0.05) is 18.4 Å². The number of hydrogen-bond acceptors (Lipinski definition) is 6. The molecule has 0 bridgehead atoms. The van der Waals surface area contributed by atoms with E-state index in [1.54, 1.807) is 0 Å². The molecular formula is C24H27N7O. The van der Waals surface area contributed by atoms with Crippen molar-refractivity contribution in [3.8, 4) is 22.5 Å². The average Bonchev–Trinajstić information content (AvgIpc) is 3.49. The minimum absolute atomic E-state index is 0.0244. The maximum Gasteiger partial charge on any atom is 0.217 e. The zero-order valence-electron chi connectivity index (χ0n) is 18.5. The number of benzene rings is 2. The highest BCUT2D eigenvalue weighted by molar-refractivity contribution is 5.92. The first-order valence-electron chi connectivity index (χ1n) is 11.1. The van der Waals surface area contributed by atoms with Crippen LogP contribution in [0.3, 0.4) is 0 Å². The predicted molar refractivity (Wildman–Crippen MR) is 122 cm³/mol. The molecule has 0 amide bonds. The molecule has 2 aromatic heterocycles. The van der Waals surface area contributed by atoms with E-state index in [0.29, 0.717) is 24.6 Å². The molecule has 0 radical (unpaired) electrons. The van der Waals surface area contributed by atoms with Crippen molar-refractivity contribution in [2.75, 3.05) is 0 Å². The predicted octanol–water partition coefficient (Wildman–Crippen LogP) is 4.50. The van der Waals surface area contributed by atoms with E-state index in [1.807, 2.05) is 28.9 Å². The van der Waals surface area contributed by atoms with Crippen molar-refractivity contribution in [3.63, 3.8) is 0 Å². The largest absolute Gasteiger partial charge is 0.291 e. The quantitative estimate of drug-likeness (QED) is 0.372. The Morgan fingerprint density at radius 3 is 2.47 bits per heavy atom. The SMILES string of the molecule is CCCCC(=O)c1nc(CCC)n(Cc2ccc(-c3ccccc3-c3nn[nH]n3)cc2)n1. The van der Waals surface area contributed by atoms with Gasteiger partial charge in [0.25, 0.3) is 0 Å². The number of hydrogen-bond donors (Lipinski definition) is 1. The van der Waals surface area contributed by atoms with Crippen molar-refractivity contribution in [2.24, 2.45) is 0 Å². The van der Waals surface area contributed by atoms with E-state index < -0.39 is 0 Å². The molecule has 0 aliphatic carbocycles. The van der Waals surface area contributed by atoms with E-state index in [2.05, 4.69) is 68.8 Å². The van der Waals surface area contributed by atoms with Crippen molar-refractivity contribution in [3.05, 3.63) is 65.7 Å². The summed E-state index contributed by atoms with van der Waals surface area (Å²) in [7, 11) is 0. The van der Waals surface area contributed by atoms with Crippen molar-refractivity contribution in [2.45, 2.75) is 52.5 Å². The van der Waals surface area contributed by atoms with Crippen LogP contribution < -0.4 is 0 Å². The molecule has 8 heteroatoms. The van der Waals surface area contributed by atoms with Gasteiger partial charge in [-0.3, -0.25) is 4.79 Å². The van der Waals surface area contributed by atoms with E-state index in [9.17, 15) is 4.79 Å². The van der Waals surface area contributed by atoms with Crippen molar-refractivity contribution >= 4 is 5.78 Å². The second kappa shape index (κ2) is 10.1. The Hall–Kier alpha value is -3.68. The van der Waals surface area contributed by atoms with Gasteiger partial charge in [-0.15, -0.1) is 15.3 Å². The molecule has 1 N–H and O–H groups in total. The highest BCUT2D eigenvalue weighted by atomic mass is 16.1. The molecular weight excluding hydrogens is 402 g/mol. The fourth-order valence-electron chi connectivity index (χ4n) is 3.65. The lowest BCUT2D eigenvalue weighted by Crippen LogP contribution is -2.08. The number of H-pyrrole nitrogens is 1. The number of ketones is 1. The molecule has 0 atom stereocenters. The number of aromatic amines is 1. The summed E-state index contributed by atoms with van der Waals surface area (Å²) >= 11 is 0. The minimum Gasteiger partial charge on any atom is -0.291 e. The Morgan fingerprint density at radius 1 is 1.00 bits per heavy atom. The van der Waals surface area contributed by atoms with Gasteiger partial charge in [-0.2, -0.15) is 5.21 Å². The topological polar surface area (TPSA) is 102 Å². The third-order valence-corrected chi connectivity index (χ3v) is 5.34. The molecule has 0 saturated heterocycles. The first kappa shape index (κ1) is 21.5. The van der Waals surface area contributed by atoms with Gasteiger partial charge in [0.05, 0.1) is 6.54 Å². The van der Waals surface area contributed by atoms with Crippen LogP contribution in [0.1, 0.15) is 61.5 Å². The summed E-state index contributed by atoms with van der Waals surface area (Å²) in [6.45, 7) is 4.76. The number of aromatic nitrogens is 7. The maximum absolute atomic E-state index is 12.4. The van der Waals surface area contributed by atoms with Crippen LogP contribution in [-0.4, -0.2) is 41.2 Å². The number of carbonyl (C=O) groups excluding carboxylic acids is 1. The van der Waals surface area contributed by atoms with Gasteiger partial charge in [-0.05, 0) is 34.7 Å². The summed E-state index contributed by atoms with van der Waals surface area (Å²) in [6, 6.07) is 16.3. The van der Waals surface area contributed by atoms with Crippen LogP contribution in [0.5, 0.6) is 0 Å². The fourth-order valence-corrected chi connectivity index (χ4v) is 3.65. The van der Waals surface area contributed by atoms with Gasteiger partial charge < -0.3 is 0 Å². The molecule has 0 saturated carbocycles. The number of carbonyl (C=O) groups is 1. The van der Waals surface area contributed by atoms with Crippen LogP contribution in [0.25, 0.3) is 22.5 Å². The van der Waals surface area contributed by atoms with Crippen molar-refractivity contribution < 1.29 is 4.79 Å². The minimum atomic E-state index is 0.0244. The number of nitrogens with zero attached hydrogens (tertiary/aromatic N) is 6. The Labute approximate surface area is 187 Å². The Bertz CT molecular complexity index is 1160. The number of tetrazole rings is 1. The molecule has 2 aromatic carbocycles. The van der Waals surface area contributed by atoms with E-state index in [1.165, 1.54) is 0 Å². The van der Waals surface area contributed by atoms with Crippen molar-refractivity contribution in [1.29, 1.82) is 0 Å². The first-order valence-corrected chi connectivity index (χ1v) is 11.1. The molecule has 32 heavy (non-hydrogen) atoms. The van der Waals surface area contributed by atoms with Crippen LogP contribution in [0.4, 0.5) is 0 Å². The highest BCUT2D eigenvalue weighted by Crippen LogP contribution is 2.29. The third-order valence-electron chi connectivity index (χ3n) is 5.34. The molecule has 0 fully saturated rings. The van der Waals surface area contributed by atoms with Crippen LogP contribution >= 0.6 is 0 Å². The van der Waals surface area contributed by atoms with Crippen LogP contribution in [0.15, 0.2) is 48.5 Å². The lowest BCUT2D eigenvalue weighted by molar-refractivity contribution is 0.0969. The first-order chi connectivity index (χ1) is 15.7. The summed E-state index contributed by atoms with van der Waals surface area (Å²) in [5.41, 5.74) is 4.12. The second-order valence-electron chi connectivity index (χ2n) is 7.76. The molecule has 0 aliphatic rings. The third kappa shape index (κ3) is 4.80. The Morgan fingerprint density at radius 2 is 1.78 bits per heavy atom. The van der Waals surface area contributed by atoms with Gasteiger partial charge in [-0.1, -0.05) is 68.8 Å². The van der Waals surface area contributed by atoms with E-state index in [0.717, 1.165) is 53.8 Å². The number of nitrogens with one attached hydrogen (secondary N) is 1. The summed E-state index contributed by atoms with van der Waals surface area (Å²) in [6.07, 6.45) is 4.09. The van der Waals surface area contributed by atoms with E-state index >= 15 is 0 Å². The second-order valence-corrected chi connectivity index (χ2v) is 7.76. The molecule has 4 rings (SSSR count). The summed E-state index contributed by atoms with van der Waals surface area (Å²) < 4.78 is 1.87. The molecule has 0 unspecified atom stereocenters. The van der Waals surface area contributed by atoms with Gasteiger partial charge in [0.15, 0.2) is 0 Å². The van der Waals surface area contributed by atoms with Gasteiger partial charge in [0.2, 0.25) is 17.4 Å². The normalized spacial score (nSPS) is 11.1. The molecule has 0 spiro atoms. The van der Waals surface area contributed by atoms with Crippen LogP contribution in [-0.2, 0) is 13.0 Å². The average molecular weight is 430 g/mol. The number of rotatable bonds is 10. The number of Topliss-reactive ketones (excluding diaryl/α,β-unsaturated/α-hetero) is 1. The number of unbranched alkanes of at least 4 members (excludes halogenated alkanes) is 1. The Balaban J connectivity index is 1.56. The monoisotopic (exact) mass is 429 g/mol. The highest BCUT2D eigenvalue weighted by Gasteiger charge is 2.16.